The van der Waals surface area contributed by atoms with Gasteiger partial charge in [0.2, 0.25) is 5.91 Å². The number of hydrogen-bond acceptors (Lipinski definition) is 4. The molecule has 0 saturated heterocycles. The molecule has 1 heterocycles. The normalized spacial score (nSPS) is 12.2. The molecular formula is C23H21N3O2S. The summed E-state index contributed by atoms with van der Waals surface area (Å²) in [5.74, 6) is -0.133. The molecule has 0 saturated carbocycles. The van der Waals surface area contributed by atoms with Crippen molar-refractivity contribution in [2.45, 2.75) is 24.3 Å². The van der Waals surface area contributed by atoms with Gasteiger partial charge in [-0.15, -0.1) is 0 Å². The molecule has 3 aromatic carbocycles. The number of aromatic nitrogens is 2. The average Bonchev–Trinajstić information content (AvgIpc) is 2.72. The minimum absolute atomic E-state index is 0.116. The first kappa shape index (κ1) is 19.2. The molecule has 29 heavy (non-hydrogen) atoms. The zero-order valence-electron chi connectivity index (χ0n) is 16.5. The molecule has 0 unspecified atom stereocenters. The highest BCUT2D eigenvalue weighted by atomic mass is 32.2. The van der Waals surface area contributed by atoms with E-state index in [0.717, 1.165) is 22.0 Å². The zero-order valence-corrected chi connectivity index (χ0v) is 17.3. The van der Waals surface area contributed by atoms with Crippen LogP contribution in [0.25, 0.3) is 21.7 Å². The number of benzene rings is 3. The molecule has 5 nitrogen and oxygen atoms in total. The SMILES string of the molecule is Cc1ccc(NC(=O)[C@H](C)Sc2nc3cc4ccccc4cc3c(=O)n2C)cc1. The summed E-state index contributed by atoms with van der Waals surface area (Å²) in [6.07, 6.45) is 0. The number of nitrogens with zero attached hydrogens (tertiary/aromatic N) is 2. The van der Waals surface area contributed by atoms with E-state index in [1.807, 2.05) is 74.5 Å². The number of carbonyl (C=O) groups excluding carboxylic acids is 1. The van der Waals surface area contributed by atoms with Gasteiger partial charge in [-0.3, -0.25) is 14.2 Å². The van der Waals surface area contributed by atoms with Crippen LogP contribution in [0.1, 0.15) is 12.5 Å². The quantitative estimate of drug-likeness (QED) is 0.309. The number of rotatable bonds is 4. The molecule has 0 fully saturated rings. The van der Waals surface area contributed by atoms with Crippen molar-refractivity contribution in [1.29, 1.82) is 0 Å². The highest BCUT2D eigenvalue weighted by Gasteiger charge is 2.18. The van der Waals surface area contributed by atoms with Crippen molar-refractivity contribution >= 4 is 45.0 Å². The summed E-state index contributed by atoms with van der Waals surface area (Å²) in [7, 11) is 1.69. The van der Waals surface area contributed by atoms with Crippen LogP contribution < -0.4 is 10.9 Å². The maximum absolute atomic E-state index is 12.9. The Kier molecular flexibility index (Phi) is 5.11. The second-order valence-corrected chi connectivity index (χ2v) is 8.40. The first-order chi connectivity index (χ1) is 13.9. The van der Waals surface area contributed by atoms with Gasteiger partial charge in [0.1, 0.15) is 0 Å². The fourth-order valence-electron chi connectivity index (χ4n) is 3.14. The summed E-state index contributed by atoms with van der Waals surface area (Å²) >= 11 is 1.27. The Morgan fingerprint density at radius 1 is 1.07 bits per heavy atom. The van der Waals surface area contributed by atoms with Crippen LogP contribution in [0.2, 0.25) is 0 Å². The Morgan fingerprint density at radius 3 is 2.41 bits per heavy atom. The molecule has 1 N–H and O–H groups in total. The van der Waals surface area contributed by atoms with Crippen LogP contribution >= 0.6 is 11.8 Å². The van der Waals surface area contributed by atoms with Gasteiger partial charge in [-0.25, -0.2) is 4.98 Å². The summed E-state index contributed by atoms with van der Waals surface area (Å²) in [4.78, 5) is 30.1. The molecule has 0 aliphatic rings. The van der Waals surface area contributed by atoms with E-state index >= 15 is 0 Å². The van der Waals surface area contributed by atoms with Gasteiger partial charge in [-0.1, -0.05) is 53.7 Å². The molecule has 0 radical (unpaired) electrons. The summed E-state index contributed by atoms with van der Waals surface area (Å²) in [5.41, 5.74) is 2.41. The lowest BCUT2D eigenvalue weighted by atomic mass is 10.1. The number of hydrogen-bond donors (Lipinski definition) is 1. The number of nitrogens with one attached hydrogen (secondary N) is 1. The van der Waals surface area contributed by atoms with Crippen molar-refractivity contribution in [2.24, 2.45) is 7.05 Å². The van der Waals surface area contributed by atoms with Crippen molar-refractivity contribution in [3.8, 4) is 0 Å². The topological polar surface area (TPSA) is 64.0 Å². The number of aryl methyl sites for hydroxylation is 1. The number of amides is 1. The standard InChI is InChI=1S/C23H21N3O2S/c1-14-8-10-18(11-9-14)24-21(27)15(2)29-23-25-20-13-17-7-5-4-6-16(17)12-19(20)22(28)26(23)3/h4-13,15H,1-3H3,(H,24,27)/t15-/m0/s1. The lowest BCUT2D eigenvalue weighted by molar-refractivity contribution is -0.115. The third-order valence-electron chi connectivity index (χ3n) is 4.87. The number of thioether (sulfide) groups is 1. The van der Waals surface area contributed by atoms with E-state index in [1.165, 1.54) is 16.3 Å². The second-order valence-electron chi connectivity index (χ2n) is 7.09. The molecule has 0 spiro atoms. The monoisotopic (exact) mass is 403 g/mol. The van der Waals surface area contributed by atoms with Gasteiger partial charge in [0, 0.05) is 12.7 Å². The summed E-state index contributed by atoms with van der Waals surface area (Å²) in [6.45, 7) is 3.81. The summed E-state index contributed by atoms with van der Waals surface area (Å²) in [5, 5.41) is 5.63. The predicted octanol–water partition coefficient (Wildman–Crippen LogP) is 4.51. The van der Waals surface area contributed by atoms with Crippen molar-refractivity contribution in [1.82, 2.24) is 9.55 Å². The van der Waals surface area contributed by atoms with Gasteiger partial charge in [0.05, 0.1) is 16.2 Å². The van der Waals surface area contributed by atoms with Gasteiger partial charge in [-0.05, 0) is 48.9 Å². The summed E-state index contributed by atoms with van der Waals surface area (Å²) in [6, 6.07) is 19.3. The van der Waals surface area contributed by atoms with Crippen LogP contribution in [0.5, 0.6) is 0 Å². The van der Waals surface area contributed by atoms with E-state index in [0.29, 0.717) is 16.1 Å². The lowest BCUT2D eigenvalue weighted by Gasteiger charge is -2.14. The Balaban J connectivity index is 1.63. The Labute approximate surface area is 172 Å². The fraction of sp³-hybridized carbons (Fsp3) is 0.174. The molecule has 4 aromatic rings. The van der Waals surface area contributed by atoms with Crippen LogP contribution in [-0.2, 0) is 11.8 Å². The van der Waals surface area contributed by atoms with Crippen LogP contribution in [0.15, 0.2) is 70.6 Å². The molecule has 1 aromatic heterocycles. The zero-order chi connectivity index (χ0) is 20.5. The molecule has 1 amide bonds. The van der Waals surface area contributed by atoms with Crippen molar-refractivity contribution in [2.75, 3.05) is 5.32 Å². The van der Waals surface area contributed by atoms with Gasteiger partial charge in [0.15, 0.2) is 5.16 Å². The first-order valence-corrected chi connectivity index (χ1v) is 10.2. The molecule has 6 heteroatoms. The Hall–Kier alpha value is -3.12. The molecule has 0 aliphatic carbocycles. The van der Waals surface area contributed by atoms with E-state index in [9.17, 15) is 9.59 Å². The van der Waals surface area contributed by atoms with E-state index in [4.69, 9.17) is 0 Å². The largest absolute Gasteiger partial charge is 0.325 e. The van der Waals surface area contributed by atoms with Crippen LogP contribution in [0, 0.1) is 6.92 Å². The highest BCUT2D eigenvalue weighted by molar-refractivity contribution is 8.00. The van der Waals surface area contributed by atoms with Gasteiger partial charge >= 0.3 is 0 Å². The fourth-order valence-corrected chi connectivity index (χ4v) is 4.01. The minimum atomic E-state index is -0.410. The maximum Gasteiger partial charge on any atom is 0.261 e. The van der Waals surface area contributed by atoms with Crippen molar-refractivity contribution in [3.05, 3.63) is 76.6 Å². The molecule has 0 aliphatic heterocycles. The first-order valence-electron chi connectivity index (χ1n) is 9.36. The predicted molar refractivity (Wildman–Crippen MR) is 120 cm³/mol. The Bertz CT molecular complexity index is 1280. The van der Waals surface area contributed by atoms with Crippen molar-refractivity contribution in [3.63, 3.8) is 0 Å². The average molecular weight is 404 g/mol. The third-order valence-corrected chi connectivity index (χ3v) is 6.02. The second kappa shape index (κ2) is 7.72. The van der Waals surface area contributed by atoms with E-state index in [2.05, 4.69) is 10.3 Å². The molecule has 4 rings (SSSR count). The maximum atomic E-state index is 12.9. The number of carbonyl (C=O) groups is 1. The minimum Gasteiger partial charge on any atom is -0.325 e. The van der Waals surface area contributed by atoms with E-state index in [1.54, 1.807) is 7.05 Å². The molecular weight excluding hydrogens is 382 g/mol. The van der Waals surface area contributed by atoms with E-state index in [-0.39, 0.29) is 11.5 Å². The van der Waals surface area contributed by atoms with Crippen LogP contribution in [-0.4, -0.2) is 20.7 Å². The van der Waals surface area contributed by atoms with Gasteiger partial charge < -0.3 is 5.32 Å². The molecule has 146 valence electrons. The number of fused-ring (bicyclic) bond motifs is 2. The smallest absolute Gasteiger partial charge is 0.261 e. The highest BCUT2D eigenvalue weighted by Crippen LogP contribution is 2.25. The van der Waals surface area contributed by atoms with Gasteiger partial charge in [-0.2, -0.15) is 0 Å². The Morgan fingerprint density at radius 2 is 1.72 bits per heavy atom. The lowest BCUT2D eigenvalue weighted by Crippen LogP contribution is -2.25. The molecule has 1 atom stereocenters. The van der Waals surface area contributed by atoms with E-state index < -0.39 is 5.25 Å². The van der Waals surface area contributed by atoms with Crippen molar-refractivity contribution < 1.29 is 4.79 Å². The van der Waals surface area contributed by atoms with Crippen LogP contribution in [0.4, 0.5) is 5.69 Å². The molecule has 0 bridgehead atoms. The number of anilines is 1. The van der Waals surface area contributed by atoms with Crippen LogP contribution in [0.3, 0.4) is 0 Å². The van der Waals surface area contributed by atoms with Gasteiger partial charge in [0.25, 0.3) is 5.56 Å². The summed E-state index contributed by atoms with van der Waals surface area (Å²) < 4.78 is 1.51. The third kappa shape index (κ3) is 3.89.